The van der Waals surface area contributed by atoms with E-state index in [4.69, 9.17) is 8.83 Å². The zero-order valence-electron chi connectivity index (χ0n) is 75.5. The van der Waals surface area contributed by atoms with Gasteiger partial charge in [0.25, 0.3) is 0 Å². The number of para-hydroxylation sites is 5. The Balaban J connectivity index is 0.000000122. The zero-order chi connectivity index (χ0) is 91.5. The van der Waals surface area contributed by atoms with Gasteiger partial charge >= 0.3 is 0 Å². The van der Waals surface area contributed by atoms with Crippen molar-refractivity contribution >= 4 is 153 Å². The predicted octanol–water partition coefficient (Wildman–Crippen LogP) is 37.1. The molecule has 4 aliphatic carbocycles. The highest BCUT2D eigenvalue weighted by molar-refractivity contribution is 9.10. The Kier molecular flexibility index (Phi) is 18.3. The van der Waals surface area contributed by atoms with Gasteiger partial charge in [0.05, 0.1) is 22.2 Å². The first-order valence-corrected chi connectivity index (χ1v) is 48.6. The van der Waals surface area contributed by atoms with E-state index >= 15 is 0 Å². The van der Waals surface area contributed by atoms with Crippen molar-refractivity contribution in [3.63, 3.8) is 0 Å². The topological polar surface area (TPSA) is 41.6 Å². The quantitative estimate of drug-likeness (QED) is 0.146. The highest BCUT2D eigenvalue weighted by Gasteiger charge is 2.54. The van der Waals surface area contributed by atoms with E-state index in [1.165, 1.54) is 165 Å². The Morgan fingerprint density at radius 1 is 0.187 bits per heavy atom. The molecule has 24 aromatic carbocycles. The molecule has 0 aliphatic heterocycles. The lowest BCUT2D eigenvalue weighted by molar-refractivity contribution is 0.669. The van der Waals surface area contributed by atoms with Crippen molar-refractivity contribution < 1.29 is 8.83 Å². The molecule has 2 aromatic heterocycles. The maximum atomic E-state index is 6.98. The van der Waals surface area contributed by atoms with E-state index < -0.39 is 10.8 Å². The SMILES string of the molecule is Brc1ccccc1-c1ccccc1.c1ccc(-c2ccccc2N(c2ccc3c4ccccc4c4ccccc4c3c2)c2cc3c(cc2-c2cccc4c2oc2ccccc24)-c2ccccc2C32c3ccccc3-c3ccccc32)cc1.c1ccc2c(c1)-c1ccccc1C21c2ccccc2-c2cc(-c3cccc4c3oc3ccccc34)c(Nc3ccc4c5ccccc5c5ccccc5c4c3)cc21. The number of rotatable bonds is 9. The van der Waals surface area contributed by atoms with Crippen molar-refractivity contribution in [3.8, 4) is 89.0 Å². The van der Waals surface area contributed by atoms with Crippen LogP contribution in [0.4, 0.5) is 28.4 Å². The molecule has 0 saturated carbocycles. The lowest BCUT2D eigenvalue weighted by atomic mass is 9.70. The molecule has 0 unspecified atom stereocenters. The van der Waals surface area contributed by atoms with Crippen LogP contribution in [0.25, 0.3) is 198 Å². The van der Waals surface area contributed by atoms with Gasteiger partial charge in [-0.1, -0.05) is 441 Å². The van der Waals surface area contributed by atoms with Crippen molar-refractivity contribution in [1.29, 1.82) is 0 Å². The van der Waals surface area contributed by atoms with Crippen molar-refractivity contribution in [2.45, 2.75) is 10.8 Å². The summed E-state index contributed by atoms with van der Waals surface area (Å²) in [6.07, 6.45) is 0. The molecule has 139 heavy (non-hydrogen) atoms. The lowest BCUT2D eigenvalue weighted by Crippen LogP contribution is -2.26. The standard InChI is InChI=1S/C67H41NO.C55H33NO.C12H9Br/c1-2-19-42(20-3-1)44-21-11-16-35-63(44)68(43-37-38-49-47-24-5-4-22-45(47)46-23-6-7-25-48(46)56(49)39-43)64-41-62-57(40-58(64)55-31-18-30-54-53-29-12-17-36-65(53)69-66(54)55)52-28-10-15-34-61(52)67(62)59-32-13-8-26-50(59)51-27-9-14-33-60(51)67;1-2-16-36-34(14-1)35-15-3-4-17-37(35)45-30-33(28-29-38(36)45)56-52-32-51-46(31-47(52)44-23-13-22-43-42-21-8-12-27-53(42)57-54(43)44)41-20-7-11-26-50(41)55(51)48-24-9-5-18-39(48)40-19-6-10-25-49(40)55;13-12-9-5-4-8-11(12)10-6-2-1-3-7-10/h1-41H;1-32,56H;1-9H. The number of benzene rings is 24. The van der Waals surface area contributed by atoms with Gasteiger partial charge in [-0.2, -0.15) is 0 Å². The monoisotopic (exact) mass is 1830 g/mol. The Morgan fingerprint density at radius 2 is 0.504 bits per heavy atom. The van der Waals surface area contributed by atoms with Gasteiger partial charge in [-0.05, 0) is 243 Å². The highest BCUT2D eigenvalue weighted by Crippen LogP contribution is 2.67. The molecule has 26 aromatic rings. The van der Waals surface area contributed by atoms with Gasteiger partial charge in [0.15, 0.2) is 0 Å². The zero-order valence-corrected chi connectivity index (χ0v) is 77.1. The van der Waals surface area contributed by atoms with Gasteiger partial charge in [-0.3, -0.25) is 0 Å². The van der Waals surface area contributed by atoms with Crippen LogP contribution >= 0.6 is 15.9 Å². The fourth-order valence-corrected chi connectivity index (χ4v) is 24.9. The summed E-state index contributed by atoms with van der Waals surface area (Å²) in [4.78, 5) is 2.55. The fourth-order valence-electron chi connectivity index (χ4n) is 24.3. The van der Waals surface area contributed by atoms with Crippen LogP contribution < -0.4 is 10.2 Å². The van der Waals surface area contributed by atoms with E-state index in [-0.39, 0.29) is 0 Å². The fraction of sp³-hybridized carbons (Fsp3) is 0.0149. The number of furan rings is 2. The molecule has 0 bridgehead atoms. The van der Waals surface area contributed by atoms with Crippen LogP contribution in [-0.4, -0.2) is 0 Å². The van der Waals surface area contributed by atoms with E-state index in [2.05, 4.69) is 499 Å². The second-order valence-electron chi connectivity index (χ2n) is 37.1. The third-order valence-corrected chi connectivity index (χ3v) is 30.8. The van der Waals surface area contributed by atoms with E-state index in [9.17, 15) is 0 Å². The summed E-state index contributed by atoms with van der Waals surface area (Å²) >= 11 is 3.53. The molecular formula is C134H83BrN2O2. The molecule has 648 valence electrons. The normalized spacial score (nSPS) is 12.9. The molecule has 0 fully saturated rings. The molecule has 4 aliphatic rings. The summed E-state index contributed by atoms with van der Waals surface area (Å²) in [6, 6.07) is 182. The number of anilines is 5. The van der Waals surface area contributed by atoms with Crippen LogP contribution in [0, 0.1) is 0 Å². The maximum Gasteiger partial charge on any atom is 0.143 e. The van der Waals surface area contributed by atoms with E-state index in [1.54, 1.807) is 0 Å². The molecule has 0 saturated heterocycles. The minimum absolute atomic E-state index is 0.460. The van der Waals surface area contributed by atoms with E-state index in [0.29, 0.717) is 0 Å². The molecule has 0 atom stereocenters. The van der Waals surface area contributed by atoms with Crippen molar-refractivity contribution in [3.05, 3.63) is 546 Å². The lowest BCUT2D eigenvalue weighted by Gasteiger charge is -2.34. The van der Waals surface area contributed by atoms with Gasteiger partial charge in [0.2, 0.25) is 0 Å². The third kappa shape index (κ3) is 12.1. The highest BCUT2D eigenvalue weighted by atomic mass is 79.9. The van der Waals surface area contributed by atoms with Crippen molar-refractivity contribution in [1.82, 2.24) is 0 Å². The Labute approximate surface area is 812 Å². The molecular weight excluding hydrogens is 1750 g/mol. The average Bonchev–Trinajstić information content (AvgIpc) is 1.47. The van der Waals surface area contributed by atoms with Gasteiger partial charge in [-0.25, -0.2) is 0 Å². The molecule has 0 amide bonds. The van der Waals surface area contributed by atoms with Gasteiger partial charge in [-0.15, -0.1) is 0 Å². The number of halogens is 1. The number of hydrogen-bond acceptors (Lipinski definition) is 4. The minimum Gasteiger partial charge on any atom is -0.455 e. The molecule has 1 N–H and O–H groups in total. The first-order chi connectivity index (χ1) is 68.9. The van der Waals surface area contributed by atoms with Crippen LogP contribution in [0.3, 0.4) is 0 Å². The predicted molar refractivity (Wildman–Crippen MR) is 585 cm³/mol. The van der Waals surface area contributed by atoms with Gasteiger partial charge in [0, 0.05) is 70.9 Å². The van der Waals surface area contributed by atoms with Gasteiger partial charge in [0.1, 0.15) is 22.3 Å². The number of nitrogens with one attached hydrogen (secondary N) is 1. The summed E-state index contributed by atoms with van der Waals surface area (Å²) in [6.45, 7) is 0. The summed E-state index contributed by atoms with van der Waals surface area (Å²) in [5.74, 6) is 0. The molecule has 2 spiro atoms. The smallest absolute Gasteiger partial charge is 0.143 e. The average molecular weight is 1830 g/mol. The second-order valence-corrected chi connectivity index (χ2v) is 37.9. The Morgan fingerprint density at radius 3 is 0.957 bits per heavy atom. The Hall–Kier alpha value is -17.5. The summed E-state index contributed by atoms with van der Waals surface area (Å²) in [7, 11) is 0. The van der Waals surface area contributed by atoms with Crippen LogP contribution in [0.5, 0.6) is 0 Å². The largest absolute Gasteiger partial charge is 0.455 e. The Bertz CT molecular complexity index is 9460. The first kappa shape index (κ1) is 80.0. The second kappa shape index (κ2) is 31.8. The maximum absolute atomic E-state index is 6.98. The first-order valence-electron chi connectivity index (χ1n) is 47.9. The van der Waals surface area contributed by atoms with Crippen molar-refractivity contribution in [2.75, 3.05) is 10.2 Å². The molecule has 0 radical (unpaired) electrons. The van der Waals surface area contributed by atoms with Crippen LogP contribution in [0.2, 0.25) is 0 Å². The number of fused-ring (bicyclic) bond motifs is 38. The van der Waals surface area contributed by atoms with Crippen LogP contribution in [0.15, 0.2) is 511 Å². The minimum atomic E-state index is -0.555. The molecule has 4 nitrogen and oxygen atoms in total. The van der Waals surface area contributed by atoms with Crippen LogP contribution in [0.1, 0.15) is 44.5 Å². The summed E-state index contributed by atoms with van der Waals surface area (Å²) in [5.41, 5.74) is 37.6. The third-order valence-electron chi connectivity index (χ3n) is 30.1. The summed E-state index contributed by atoms with van der Waals surface area (Å²) < 4.78 is 14.9. The van der Waals surface area contributed by atoms with Crippen molar-refractivity contribution in [2.24, 2.45) is 0 Å². The molecule has 30 rings (SSSR count). The van der Waals surface area contributed by atoms with E-state index in [0.717, 1.165) is 110 Å². The van der Waals surface area contributed by atoms with Gasteiger partial charge < -0.3 is 19.1 Å². The van der Waals surface area contributed by atoms with E-state index in [1.807, 2.05) is 24.3 Å². The molecule has 2 heterocycles. The number of nitrogens with zero attached hydrogens (tertiary/aromatic N) is 1. The number of hydrogen-bond donors (Lipinski definition) is 1. The molecule has 5 heteroatoms. The van der Waals surface area contributed by atoms with Crippen LogP contribution in [-0.2, 0) is 10.8 Å². The summed E-state index contributed by atoms with van der Waals surface area (Å²) in [5, 5.41) is 23.5.